The summed E-state index contributed by atoms with van der Waals surface area (Å²) in [5.41, 5.74) is 2.91. The molecule has 0 aromatic heterocycles. The number of carboxylic acids is 1. The van der Waals surface area contributed by atoms with Crippen LogP contribution in [-0.4, -0.2) is 29.3 Å². The average molecular weight is 571 g/mol. The smallest absolute Gasteiger partial charge is 0.335 e. The van der Waals surface area contributed by atoms with Gasteiger partial charge in [0.25, 0.3) is 5.91 Å². The molecule has 1 N–H and O–H groups in total. The number of carbonyl (C=O) groups excluding carboxylic acids is 1. The Morgan fingerprint density at radius 2 is 1.75 bits per heavy atom. The van der Waals surface area contributed by atoms with Crippen LogP contribution in [0, 0.1) is 0 Å². The van der Waals surface area contributed by atoms with Crippen molar-refractivity contribution in [3.8, 4) is 11.5 Å². The number of aromatic carboxylic acids is 1. The molecule has 0 saturated carbocycles. The fourth-order valence-corrected chi connectivity index (χ4v) is 5.09. The fourth-order valence-electron chi connectivity index (χ4n) is 3.96. The number of carbonyl (C=O) groups is 2. The van der Waals surface area contributed by atoms with Gasteiger partial charge in [-0.2, -0.15) is 0 Å². The molecule has 40 heavy (non-hydrogen) atoms. The highest BCUT2D eigenvalue weighted by Gasteiger charge is 2.34. The van der Waals surface area contributed by atoms with Crippen molar-refractivity contribution in [1.29, 1.82) is 0 Å². The second-order valence-corrected chi connectivity index (χ2v) is 10.1. The molecule has 1 fully saturated rings. The molecular weight excluding hydrogens is 548 g/mol. The Kier molecular flexibility index (Phi) is 8.19. The van der Waals surface area contributed by atoms with E-state index >= 15 is 0 Å². The molecular formula is C31H23ClN2O5S. The SMILES string of the molecule is COc1cc(/C=C2\SC(=Nc3cccc(C(=O)O)c3)N(c3ccccc3)C2=O)ccc1OCc1ccc(Cl)cc1. The summed E-state index contributed by atoms with van der Waals surface area (Å²) in [7, 11) is 1.56. The zero-order valence-electron chi connectivity index (χ0n) is 21.3. The molecule has 1 saturated heterocycles. The van der Waals surface area contributed by atoms with Crippen LogP contribution in [0.15, 0.2) is 107 Å². The summed E-state index contributed by atoms with van der Waals surface area (Å²) >= 11 is 7.17. The third-order valence-electron chi connectivity index (χ3n) is 5.93. The highest BCUT2D eigenvalue weighted by molar-refractivity contribution is 8.19. The van der Waals surface area contributed by atoms with Gasteiger partial charge in [0.05, 0.1) is 29.0 Å². The number of aliphatic imine (C=N–C) groups is 1. The van der Waals surface area contributed by atoms with E-state index in [2.05, 4.69) is 4.99 Å². The second-order valence-electron chi connectivity index (χ2n) is 8.66. The summed E-state index contributed by atoms with van der Waals surface area (Å²) in [6, 6.07) is 28.3. The van der Waals surface area contributed by atoms with Gasteiger partial charge in [0.15, 0.2) is 16.7 Å². The average Bonchev–Trinajstić information content (AvgIpc) is 3.27. The predicted molar refractivity (Wildman–Crippen MR) is 159 cm³/mol. The Morgan fingerprint density at radius 3 is 2.48 bits per heavy atom. The van der Waals surface area contributed by atoms with Crippen molar-refractivity contribution < 1.29 is 24.2 Å². The number of nitrogens with zero attached hydrogens (tertiary/aromatic N) is 2. The standard InChI is InChI=1S/C31H23ClN2O5S/c1-38-27-16-21(12-15-26(27)39-19-20-10-13-23(32)14-11-20)17-28-29(35)34(25-8-3-2-4-9-25)31(40-28)33-24-7-5-6-22(18-24)30(36)37/h2-18H,19H2,1H3,(H,36,37)/b28-17-,33-31?. The Bertz CT molecular complexity index is 1620. The summed E-state index contributed by atoms with van der Waals surface area (Å²) < 4.78 is 11.5. The lowest BCUT2D eigenvalue weighted by Crippen LogP contribution is -2.28. The minimum Gasteiger partial charge on any atom is -0.493 e. The predicted octanol–water partition coefficient (Wildman–Crippen LogP) is 7.43. The summed E-state index contributed by atoms with van der Waals surface area (Å²) in [5, 5.41) is 10.4. The zero-order chi connectivity index (χ0) is 28.1. The van der Waals surface area contributed by atoms with Gasteiger partial charge in [0.2, 0.25) is 0 Å². The van der Waals surface area contributed by atoms with Gasteiger partial charge in [0.1, 0.15) is 6.61 Å². The topological polar surface area (TPSA) is 88.4 Å². The van der Waals surface area contributed by atoms with Gasteiger partial charge in [-0.15, -0.1) is 0 Å². The van der Waals surface area contributed by atoms with Gasteiger partial charge in [-0.25, -0.2) is 9.79 Å². The van der Waals surface area contributed by atoms with E-state index in [0.29, 0.717) is 44.6 Å². The van der Waals surface area contributed by atoms with Crippen LogP contribution in [0.4, 0.5) is 11.4 Å². The number of thioether (sulfide) groups is 1. The van der Waals surface area contributed by atoms with E-state index < -0.39 is 5.97 Å². The summed E-state index contributed by atoms with van der Waals surface area (Å²) in [5.74, 6) is -0.201. The number of hydrogen-bond acceptors (Lipinski definition) is 6. The maximum Gasteiger partial charge on any atom is 0.335 e. The first-order valence-corrected chi connectivity index (χ1v) is 13.4. The van der Waals surface area contributed by atoms with E-state index in [1.54, 1.807) is 37.5 Å². The number of methoxy groups -OCH3 is 1. The maximum atomic E-state index is 13.6. The van der Waals surface area contributed by atoms with E-state index in [0.717, 1.165) is 11.1 Å². The first-order valence-electron chi connectivity index (χ1n) is 12.2. The number of benzene rings is 4. The van der Waals surface area contributed by atoms with Gasteiger partial charge in [0, 0.05) is 5.02 Å². The van der Waals surface area contributed by atoms with Crippen molar-refractivity contribution >= 4 is 57.9 Å². The number of anilines is 1. The van der Waals surface area contributed by atoms with Gasteiger partial charge in [-0.3, -0.25) is 9.69 Å². The molecule has 4 aromatic carbocycles. The fraction of sp³-hybridized carbons (Fsp3) is 0.0645. The molecule has 0 unspecified atom stereocenters. The Morgan fingerprint density at radius 1 is 0.975 bits per heavy atom. The summed E-state index contributed by atoms with van der Waals surface area (Å²) in [4.78, 5) is 31.6. The van der Waals surface area contributed by atoms with Crippen LogP contribution in [-0.2, 0) is 11.4 Å². The molecule has 0 spiro atoms. The molecule has 200 valence electrons. The van der Waals surface area contributed by atoms with Crippen LogP contribution in [0.1, 0.15) is 21.5 Å². The number of rotatable bonds is 8. The Hall–Kier alpha value is -4.53. The lowest BCUT2D eigenvalue weighted by molar-refractivity contribution is -0.113. The number of hydrogen-bond donors (Lipinski definition) is 1. The van der Waals surface area contributed by atoms with Crippen LogP contribution in [0.5, 0.6) is 11.5 Å². The van der Waals surface area contributed by atoms with E-state index in [4.69, 9.17) is 21.1 Å². The molecule has 7 nitrogen and oxygen atoms in total. The third kappa shape index (κ3) is 6.20. The van der Waals surface area contributed by atoms with Crippen molar-refractivity contribution in [2.75, 3.05) is 12.0 Å². The lowest BCUT2D eigenvalue weighted by Gasteiger charge is -2.15. The molecule has 5 rings (SSSR count). The van der Waals surface area contributed by atoms with Crippen LogP contribution in [0.2, 0.25) is 5.02 Å². The molecule has 1 heterocycles. The van der Waals surface area contributed by atoms with Crippen LogP contribution in [0.3, 0.4) is 0 Å². The molecule has 1 amide bonds. The van der Waals surface area contributed by atoms with Gasteiger partial charge >= 0.3 is 5.97 Å². The number of para-hydroxylation sites is 1. The number of amidine groups is 1. The molecule has 0 radical (unpaired) electrons. The lowest BCUT2D eigenvalue weighted by atomic mass is 10.1. The van der Waals surface area contributed by atoms with Crippen molar-refractivity contribution in [3.63, 3.8) is 0 Å². The van der Waals surface area contributed by atoms with Crippen molar-refractivity contribution in [2.45, 2.75) is 6.61 Å². The highest BCUT2D eigenvalue weighted by Crippen LogP contribution is 2.38. The molecule has 1 aliphatic heterocycles. The largest absolute Gasteiger partial charge is 0.493 e. The summed E-state index contributed by atoms with van der Waals surface area (Å²) in [6.45, 7) is 0.344. The van der Waals surface area contributed by atoms with Crippen molar-refractivity contribution in [1.82, 2.24) is 0 Å². The van der Waals surface area contributed by atoms with E-state index in [1.165, 1.54) is 28.8 Å². The van der Waals surface area contributed by atoms with Gasteiger partial charge in [-0.1, -0.05) is 54.1 Å². The van der Waals surface area contributed by atoms with Crippen LogP contribution < -0.4 is 14.4 Å². The quantitative estimate of drug-likeness (QED) is 0.222. The molecule has 0 aliphatic carbocycles. The maximum absolute atomic E-state index is 13.6. The van der Waals surface area contributed by atoms with Crippen LogP contribution >= 0.6 is 23.4 Å². The second kappa shape index (κ2) is 12.1. The monoisotopic (exact) mass is 570 g/mol. The Balaban J connectivity index is 1.44. The number of carboxylic acid groups (broad SMARTS) is 1. The van der Waals surface area contributed by atoms with E-state index in [1.807, 2.05) is 60.7 Å². The van der Waals surface area contributed by atoms with Crippen LogP contribution in [0.25, 0.3) is 6.08 Å². The molecule has 4 aromatic rings. The van der Waals surface area contributed by atoms with E-state index in [-0.39, 0.29) is 11.5 Å². The van der Waals surface area contributed by atoms with E-state index in [9.17, 15) is 14.7 Å². The normalized spacial score (nSPS) is 15.1. The van der Waals surface area contributed by atoms with Crippen molar-refractivity contribution in [2.24, 2.45) is 4.99 Å². The molecule has 9 heteroatoms. The van der Waals surface area contributed by atoms with Crippen molar-refractivity contribution in [3.05, 3.63) is 124 Å². The molecule has 0 bridgehead atoms. The number of amides is 1. The van der Waals surface area contributed by atoms with Gasteiger partial charge in [-0.05, 0) is 83.6 Å². The zero-order valence-corrected chi connectivity index (χ0v) is 22.9. The Labute approximate surface area is 240 Å². The summed E-state index contributed by atoms with van der Waals surface area (Å²) in [6.07, 6.45) is 1.77. The third-order valence-corrected chi connectivity index (χ3v) is 7.15. The highest BCUT2D eigenvalue weighted by atomic mass is 35.5. The first-order chi connectivity index (χ1) is 19.4. The number of ether oxygens (including phenoxy) is 2. The minimum atomic E-state index is -1.05. The first kappa shape index (κ1) is 27.1. The molecule has 1 aliphatic rings. The number of halogens is 1. The minimum absolute atomic E-state index is 0.115. The van der Waals surface area contributed by atoms with Gasteiger partial charge < -0.3 is 14.6 Å². The molecule has 0 atom stereocenters.